The van der Waals surface area contributed by atoms with Crippen LogP contribution in [0, 0.1) is 0 Å². The molecule has 1 aromatic rings. The molecule has 1 aromatic carbocycles. The summed E-state index contributed by atoms with van der Waals surface area (Å²) >= 11 is 0. The molecule has 1 amide bonds. The normalized spacial score (nSPS) is 10.5. The molecule has 0 aliphatic rings. The molecule has 0 unspecified atom stereocenters. The summed E-state index contributed by atoms with van der Waals surface area (Å²) in [6.45, 7) is 6.72. The van der Waals surface area contributed by atoms with E-state index in [1.54, 1.807) is 0 Å². The van der Waals surface area contributed by atoms with Gasteiger partial charge in [-0.15, -0.1) is 0 Å². The number of unbranched alkanes of at least 4 members (excludes halogenated alkanes) is 1. The van der Waals surface area contributed by atoms with Crippen molar-refractivity contribution in [2.45, 2.75) is 33.1 Å². The van der Waals surface area contributed by atoms with Crippen LogP contribution in [0.3, 0.4) is 0 Å². The molecule has 0 heterocycles. The van der Waals surface area contributed by atoms with E-state index in [1.165, 1.54) is 0 Å². The quantitative estimate of drug-likeness (QED) is 0.781. The highest BCUT2D eigenvalue weighted by Crippen LogP contribution is 2.13. The summed E-state index contributed by atoms with van der Waals surface area (Å²) in [6.07, 6.45) is 3.08. The van der Waals surface area contributed by atoms with Crippen molar-refractivity contribution in [3.63, 3.8) is 0 Å². The number of rotatable bonds is 8. The number of nitrogens with one attached hydrogen (secondary N) is 1. The van der Waals surface area contributed by atoms with Crippen LogP contribution in [0.15, 0.2) is 24.3 Å². The summed E-state index contributed by atoms with van der Waals surface area (Å²) in [5.74, 6) is 0.169. The minimum atomic E-state index is 0.169. The second-order valence-corrected chi connectivity index (χ2v) is 4.75. The van der Waals surface area contributed by atoms with Crippen LogP contribution in [-0.2, 0) is 6.42 Å². The van der Waals surface area contributed by atoms with Crippen LogP contribution in [0.1, 0.15) is 42.6 Å². The maximum atomic E-state index is 12.6. The number of likely N-dealkylation sites (N-methyl/N-ethyl adjacent to an activating group) is 1. The van der Waals surface area contributed by atoms with Crippen LogP contribution in [-0.4, -0.2) is 37.5 Å². The monoisotopic (exact) mass is 262 g/mol. The topological polar surface area (TPSA) is 32.3 Å². The number of carbonyl (C=O) groups is 1. The Morgan fingerprint density at radius 1 is 1.26 bits per heavy atom. The van der Waals surface area contributed by atoms with Crippen molar-refractivity contribution in [2.24, 2.45) is 0 Å². The molecular weight excluding hydrogens is 236 g/mol. The van der Waals surface area contributed by atoms with Gasteiger partial charge in [-0.2, -0.15) is 0 Å². The molecule has 19 heavy (non-hydrogen) atoms. The van der Waals surface area contributed by atoms with E-state index in [-0.39, 0.29) is 5.91 Å². The van der Waals surface area contributed by atoms with Crippen molar-refractivity contribution in [3.05, 3.63) is 35.4 Å². The van der Waals surface area contributed by atoms with E-state index in [1.807, 2.05) is 37.1 Å². The maximum absolute atomic E-state index is 12.6. The SMILES string of the molecule is CCCCN(CC)C(=O)c1ccccc1CCNC. The van der Waals surface area contributed by atoms with E-state index in [0.29, 0.717) is 0 Å². The Morgan fingerprint density at radius 2 is 2.00 bits per heavy atom. The van der Waals surface area contributed by atoms with Crippen LogP contribution in [0.25, 0.3) is 0 Å². The Hall–Kier alpha value is -1.35. The third kappa shape index (κ3) is 4.67. The first kappa shape index (κ1) is 15.7. The van der Waals surface area contributed by atoms with Gasteiger partial charge in [0.05, 0.1) is 0 Å². The Labute approximate surface area is 117 Å². The Bertz CT molecular complexity index is 390. The van der Waals surface area contributed by atoms with E-state index in [4.69, 9.17) is 0 Å². The van der Waals surface area contributed by atoms with Crippen LogP contribution in [0.4, 0.5) is 0 Å². The lowest BCUT2D eigenvalue weighted by Gasteiger charge is -2.22. The lowest BCUT2D eigenvalue weighted by molar-refractivity contribution is 0.0761. The number of hydrogen-bond donors (Lipinski definition) is 1. The van der Waals surface area contributed by atoms with Crippen LogP contribution >= 0.6 is 0 Å². The molecule has 0 spiro atoms. The standard InChI is InChI=1S/C16H26N2O/c1-4-6-13-18(5-2)16(19)15-10-8-7-9-14(15)11-12-17-3/h7-10,17H,4-6,11-13H2,1-3H3. The lowest BCUT2D eigenvalue weighted by atomic mass is 10.0. The van der Waals surface area contributed by atoms with Crippen molar-refractivity contribution >= 4 is 5.91 Å². The molecule has 106 valence electrons. The highest BCUT2D eigenvalue weighted by Gasteiger charge is 2.16. The second-order valence-electron chi connectivity index (χ2n) is 4.75. The van der Waals surface area contributed by atoms with E-state index in [0.717, 1.165) is 50.0 Å². The molecular formula is C16H26N2O. The molecule has 0 atom stereocenters. The average Bonchev–Trinajstić information content (AvgIpc) is 2.46. The second kappa shape index (κ2) is 8.70. The molecule has 0 saturated carbocycles. The highest BCUT2D eigenvalue weighted by atomic mass is 16.2. The average molecular weight is 262 g/mol. The summed E-state index contributed by atoms with van der Waals surface area (Å²) in [6, 6.07) is 7.95. The van der Waals surface area contributed by atoms with Gasteiger partial charge in [0.25, 0.3) is 5.91 Å². The zero-order valence-electron chi connectivity index (χ0n) is 12.4. The van der Waals surface area contributed by atoms with E-state index in [9.17, 15) is 4.79 Å². The van der Waals surface area contributed by atoms with E-state index < -0.39 is 0 Å². The fourth-order valence-corrected chi connectivity index (χ4v) is 2.13. The number of benzene rings is 1. The Morgan fingerprint density at radius 3 is 2.63 bits per heavy atom. The van der Waals surface area contributed by atoms with Gasteiger partial charge >= 0.3 is 0 Å². The summed E-state index contributed by atoms with van der Waals surface area (Å²) in [5, 5.41) is 3.13. The first-order valence-corrected chi connectivity index (χ1v) is 7.26. The molecule has 0 fully saturated rings. The van der Waals surface area contributed by atoms with E-state index >= 15 is 0 Å². The van der Waals surface area contributed by atoms with Gasteiger partial charge in [0, 0.05) is 18.7 Å². The van der Waals surface area contributed by atoms with Gasteiger partial charge in [-0.25, -0.2) is 0 Å². The zero-order valence-corrected chi connectivity index (χ0v) is 12.4. The molecule has 3 heteroatoms. The Balaban J connectivity index is 2.84. The van der Waals surface area contributed by atoms with E-state index in [2.05, 4.69) is 18.3 Å². The molecule has 1 rings (SSSR count). The summed E-state index contributed by atoms with van der Waals surface area (Å²) in [5.41, 5.74) is 1.99. The summed E-state index contributed by atoms with van der Waals surface area (Å²) < 4.78 is 0. The fourth-order valence-electron chi connectivity index (χ4n) is 2.13. The molecule has 0 radical (unpaired) electrons. The molecule has 3 nitrogen and oxygen atoms in total. The minimum Gasteiger partial charge on any atom is -0.339 e. The first-order chi connectivity index (χ1) is 9.24. The minimum absolute atomic E-state index is 0.169. The van der Waals surface area contributed by atoms with Crippen LogP contribution < -0.4 is 5.32 Å². The fraction of sp³-hybridized carbons (Fsp3) is 0.562. The van der Waals surface area contributed by atoms with Crippen molar-refractivity contribution in [2.75, 3.05) is 26.7 Å². The molecule has 0 saturated heterocycles. The highest BCUT2D eigenvalue weighted by molar-refractivity contribution is 5.95. The zero-order chi connectivity index (χ0) is 14.1. The lowest BCUT2D eigenvalue weighted by Crippen LogP contribution is -2.32. The van der Waals surface area contributed by atoms with Crippen molar-refractivity contribution in [1.29, 1.82) is 0 Å². The molecule has 0 bridgehead atoms. The van der Waals surface area contributed by atoms with Gasteiger partial charge in [-0.1, -0.05) is 31.5 Å². The van der Waals surface area contributed by atoms with Gasteiger partial charge < -0.3 is 10.2 Å². The van der Waals surface area contributed by atoms with Gasteiger partial charge in [0.15, 0.2) is 0 Å². The van der Waals surface area contributed by atoms with Crippen LogP contribution in [0.5, 0.6) is 0 Å². The van der Waals surface area contributed by atoms with Gasteiger partial charge in [-0.05, 0) is 45.0 Å². The molecule has 0 aliphatic heterocycles. The number of nitrogens with zero attached hydrogens (tertiary/aromatic N) is 1. The summed E-state index contributed by atoms with van der Waals surface area (Å²) in [4.78, 5) is 14.5. The van der Waals surface area contributed by atoms with Gasteiger partial charge in [0.2, 0.25) is 0 Å². The first-order valence-electron chi connectivity index (χ1n) is 7.26. The van der Waals surface area contributed by atoms with Crippen molar-refractivity contribution in [1.82, 2.24) is 10.2 Å². The smallest absolute Gasteiger partial charge is 0.254 e. The summed E-state index contributed by atoms with van der Waals surface area (Å²) in [7, 11) is 1.93. The van der Waals surface area contributed by atoms with Crippen molar-refractivity contribution in [3.8, 4) is 0 Å². The predicted molar refractivity (Wildman–Crippen MR) is 80.6 cm³/mol. The number of carbonyl (C=O) groups excluding carboxylic acids is 1. The van der Waals surface area contributed by atoms with Crippen molar-refractivity contribution < 1.29 is 4.79 Å². The third-order valence-corrected chi connectivity index (χ3v) is 3.34. The largest absolute Gasteiger partial charge is 0.339 e. The number of hydrogen-bond acceptors (Lipinski definition) is 2. The molecule has 0 aromatic heterocycles. The number of amides is 1. The van der Waals surface area contributed by atoms with Gasteiger partial charge in [0.1, 0.15) is 0 Å². The van der Waals surface area contributed by atoms with Gasteiger partial charge in [-0.3, -0.25) is 4.79 Å². The Kier molecular flexibility index (Phi) is 7.19. The molecule has 1 N–H and O–H groups in total. The molecule has 0 aliphatic carbocycles. The third-order valence-electron chi connectivity index (χ3n) is 3.34. The van der Waals surface area contributed by atoms with Crippen LogP contribution in [0.2, 0.25) is 0 Å². The predicted octanol–water partition coefficient (Wildman–Crippen LogP) is 2.71. The maximum Gasteiger partial charge on any atom is 0.254 e.